The number of nitrogen functional groups attached to an aromatic ring is 1. The number of nitrogens with two attached hydrogens (primary N) is 2. The molecule has 1 aromatic rings. The van der Waals surface area contributed by atoms with Gasteiger partial charge in [0.05, 0.1) is 12.6 Å². The Hall–Kier alpha value is -1.13. The molecule has 0 aliphatic rings. The number of rotatable bonds is 4. The molecule has 0 aliphatic carbocycles. The van der Waals surface area contributed by atoms with E-state index in [0.717, 1.165) is 11.1 Å². The zero-order chi connectivity index (χ0) is 10.6. The first kappa shape index (κ1) is 10.9. The van der Waals surface area contributed by atoms with E-state index in [1.54, 1.807) is 6.20 Å². The van der Waals surface area contributed by atoms with Crippen LogP contribution in [0.15, 0.2) is 12.3 Å². The molecule has 4 nitrogen and oxygen atoms in total. The molecule has 0 aliphatic heterocycles. The number of hydrogen-bond acceptors (Lipinski definition) is 4. The van der Waals surface area contributed by atoms with Gasteiger partial charge < -0.3 is 16.2 Å². The third-order valence-corrected chi connectivity index (χ3v) is 2.11. The summed E-state index contributed by atoms with van der Waals surface area (Å²) in [5, 5.41) is 0. The fourth-order valence-electron chi connectivity index (χ4n) is 1.40. The highest BCUT2D eigenvalue weighted by molar-refractivity contribution is 5.45. The van der Waals surface area contributed by atoms with Crippen molar-refractivity contribution >= 4 is 5.82 Å². The van der Waals surface area contributed by atoms with Crippen molar-refractivity contribution < 1.29 is 4.74 Å². The zero-order valence-electron chi connectivity index (χ0n) is 8.66. The van der Waals surface area contributed by atoms with Crippen LogP contribution in [-0.4, -0.2) is 18.2 Å². The van der Waals surface area contributed by atoms with Crippen molar-refractivity contribution in [2.45, 2.75) is 19.9 Å². The van der Waals surface area contributed by atoms with E-state index >= 15 is 0 Å². The van der Waals surface area contributed by atoms with Crippen molar-refractivity contribution in [1.82, 2.24) is 4.98 Å². The lowest BCUT2D eigenvalue weighted by molar-refractivity contribution is 0.133. The van der Waals surface area contributed by atoms with Gasteiger partial charge in [-0.25, -0.2) is 4.98 Å². The fraction of sp³-hybridized carbons (Fsp3) is 0.500. The van der Waals surface area contributed by atoms with Crippen LogP contribution in [-0.2, 0) is 4.74 Å². The summed E-state index contributed by atoms with van der Waals surface area (Å²) in [6.07, 6.45) is 1.68. The van der Waals surface area contributed by atoms with Crippen molar-refractivity contribution in [2.24, 2.45) is 5.73 Å². The second-order valence-electron chi connectivity index (χ2n) is 3.19. The minimum Gasteiger partial charge on any atom is -0.383 e. The van der Waals surface area contributed by atoms with Crippen LogP contribution in [0.1, 0.15) is 24.1 Å². The van der Waals surface area contributed by atoms with Gasteiger partial charge in [-0.2, -0.15) is 0 Å². The molecule has 4 heteroatoms. The molecule has 0 spiro atoms. The molecule has 0 bridgehead atoms. The van der Waals surface area contributed by atoms with Crippen molar-refractivity contribution in [3.63, 3.8) is 0 Å². The van der Waals surface area contributed by atoms with Crippen molar-refractivity contribution in [1.29, 1.82) is 0 Å². The molecule has 1 atom stereocenters. The molecule has 0 amide bonds. The van der Waals surface area contributed by atoms with Crippen LogP contribution in [0.2, 0.25) is 0 Å². The molecule has 1 heterocycles. The van der Waals surface area contributed by atoms with Gasteiger partial charge in [0.25, 0.3) is 0 Å². The van der Waals surface area contributed by atoms with E-state index in [2.05, 4.69) is 4.98 Å². The Morgan fingerprint density at radius 1 is 1.57 bits per heavy atom. The van der Waals surface area contributed by atoms with Crippen LogP contribution in [0.3, 0.4) is 0 Å². The van der Waals surface area contributed by atoms with E-state index in [-0.39, 0.29) is 6.04 Å². The number of pyridine rings is 1. The van der Waals surface area contributed by atoms with Crippen molar-refractivity contribution in [3.05, 3.63) is 23.4 Å². The minimum absolute atomic E-state index is 0.191. The van der Waals surface area contributed by atoms with Gasteiger partial charge in [-0.05, 0) is 25.5 Å². The molecule has 0 fully saturated rings. The first-order valence-corrected chi connectivity index (χ1v) is 4.71. The number of nitrogens with zero attached hydrogens (tertiary/aromatic N) is 1. The SMILES string of the molecule is CCOCC(N)c1c(C)ccnc1N. The standard InChI is InChI=1S/C10H17N3O/c1-3-14-6-8(11)9-7(2)4-5-13-10(9)12/h4-5,8H,3,6,11H2,1-2H3,(H2,12,13). The van der Waals surface area contributed by atoms with Gasteiger partial charge >= 0.3 is 0 Å². The van der Waals surface area contributed by atoms with E-state index in [1.807, 2.05) is 19.9 Å². The highest BCUT2D eigenvalue weighted by Gasteiger charge is 2.12. The van der Waals surface area contributed by atoms with Gasteiger partial charge in [0.15, 0.2) is 0 Å². The predicted molar refractivity (Wildman–Crippen MR) is 56.8 cm³/mol. The number of hydrogen-bond donors (Lipinski definition) is 2. The quantitative estimate of drug-likeness (QED) is 0.752. The molecule has 0 saturated heterocycles. The number of aromatic nitrogens is 1. The van der Waals surface area contributed by atoms with Crippen molar-refractivity contribution in [2.75, 3.05) is 18.9 Å². The summed E-state index contributed by atoms with van der Waals surface area (Å²) in [5.74, 6) is 0.497. The molecule has 1 rings (SSSR count). The maximum absolute atomic E-state index is 5.94. The van der Waals surface area contributed by atoms with Crippen LogP contribution in [0.5, 0.6) is 0 Å². The molecule has 4 N–H and O–H groups in total. The Bertz CT molecular complexity index is 281. The lowest BCUT2D eigenvalue weighted by atomic mass is 10.0. The van der Waals surface area contributed by atoms with Gasteiger partial charge in [0.2, 0.25) is 0 Å². The second-order valence-corrected chi connectivity index (χ2v) is 3.19. The van der Waals surface area contributed by atoms with E-state index in [9.17, 15) is 0 Å². The molecule has 0 radical (unpaired) electrons. The largest absolute Gasteiger partial charge is 0.383 e. The molecule has 78 valence electrons. The maximum Gasteiger partial charge on any atom is 0.128 e. The average molecular weight is 195 g/mol. The molecule has 0 aromatic carbocycles. The predicted octanol–water partition coefficient (Wildman–Crippen LogP) is 1.01. The summed E-state index contributed by atoms with van der Waals surface area (Å²) in [4.78, 5) is 4.01. The van der Waals surface area contributed by atoms with Crippen molar-refractivity contribution in [3.8, 4) is 0 Å². The summed E-state index contributed by atoms with van der Waals surface area (Å²) in [6.45, 7) is 5.05. The van der Waals surface area contributed by atoms with Gasteiger partial charge in [0.1, 0.15) is 5.82 Å². The Labute approximate surface area is 84.3 Å². The maximum atomic E-state index is 5.94. The van der Waals surface area contributed by atoms with Crippen LogP contribution >= 0.6 is 0 Å². The van der Waals surface area contributed by atoms with E-state index in [4.69, 9.17) is 16.2 Å². The molecular weight excluding hydrogens is 178 g/mol. The van der Waals surface area contributed by atoms with Gasteiger partial charge in [-0.1, -0.05) is 0 Å². The van der Waals surface area contributed by atoms with Crippen LogP contribution < -0.4 is 11.5 Å². The first-order valence-electron chi connectivity index (χ1n) is 4.71. The third kappa shape index (κ3) is 2.43. The number of aryl methyl sites for hydroxylation is 1. The molecule has 0 saturated carbocycles. The summed E-state index contributed by atoms with van der Waals surface area (Å²) in [7, 11) is 0. The molecule has 1 aromatic heterocycles. The minimum atomic E-state index is -0.191. The summed E-state index contributed by atoms with van der Waals surface area (Å²) in [5.41, 5.74) is 13.6. The van der Waals surface area contributed by atoms with Gasteiger partial charge in [-0.3, -0.25) is 0 Å². The zero-order valence-corrected chi connectivity index (χ0v) is 8.66. The second kappa shape index (κ2) is 4.93. The summed E-state index contributed by atoms with van der Waals surface area (Å²) in [6, 6.07) is 1.71. The van der Waals surface area contributed by atoms with Crippen LogP contribution in [0.25, 0.3) is 0 Å². The Kier molecular flexibility index (Phi) is 3.85. The lowest BCUT2D eigenvalue weighted by Crippen LogP contribution is -2.20. The summed E-state index contributed by atoms with van der Waals surface area (Å²) >= 11 is 0. The third-order valence-electron chi connectivity index (χ3n) is 2.11. The monoisotopic (exact) mass is 195 g/mol. The number of ether oxygens (including phenoxy) is 1. The topological polar surface area (TPSA) is 74.2 Å². The smallest absolute Gasteiger partial charge is 0.128 e. The Balaban J connectivity index is 2.82. The summed E-state index contributed by atoms with van der Waals surface area (Å²) < 4.78 is 5.25. The lowest BCUT2D eigenvalue weighted by Gasteiger charge is -2.15. The first-order chi connectivity index (χ1) is 6.66. The molecular formula is C10H17N3O. The Morgan fingerprint density at radius 3 is 2.86 bits per heavy atom. The fourth-order valence-corrected chi connectivity index (χ4v) is 1.40. The van der Waals surface area contributed by atoms with E-state index in [0.29, 0.717) is 19.0 Å². The normalized spacial score (nSPS) is 12.8. The van der Waals surface area contributed by atoms with Crippen LogP contribution in [0.4, 0.5) is 5.82 Å². The van der Waals surface area contributed by atoms with E-state index < -0.39 is 0 Å². The molecule has 14 heavy (non-hydrogen) atoms. The average Bonchev–Trinajstić information content (AvgIpc) is 2.14. The highest BCUT2D eigenvalue weighted by Crippen LogP contribution is 2.20. The highest BCUT2D eigenvalue weighted by atomic mass is 16.5. The number of anilines is 1. The van der Waals surface area contributed by atoms with E-state index in [1.165, 1.54) is 0 Å². The van der Waals surface area contributed by atoms with Gasteiger partial charge in [0, 0.05) is 18.4 Å². The van der Waals surface area contributed by atoms with Gasteiger partial charge in [-0.15, -0.1) is 0 Å². The van der Waals surface area contributed by atoms with Crippen LogP contribution in [0, 0.1) is 6.92 Å². The molecule has 1 unspecified atom stereocenters. The Morgan fingerprint density at radius 2 is 2.29 bits per heavy atom.